The van der Waals surface area contributed by atoms with E-state index in [9.17, 15) is 5.11 Å². The fraction of sp³-hybridized carbons (Fsp3) is 0.143. The summed E-state index contributed by atoms with van der Waals surface area (Å²) in [7, 11) is 0. The van der Waals surface area contributed by atoms with Crippen LogP contribution in [0.1, 0.15) is 11.1 Å². The molecule has 0 aliphatic carbocycles. The topological polar surface area (TPSA) is 46.2 Å². The Balaban J connectivity index is 2.59. The van der Waals surface area contributed by atoms with Crippen LogP contribution in [-0.2, 0) is 6.54 Å². The standard InChI is InChI=1S/C14H15NO/c1-10-6-7-11(9-15)8-13(10)12-4-2-3-5-14(12)16/h2-8,16H,9,15H2,1H3. The summed E-state index contributed by atoms with van der Waals surface area (Å²) < 4.78 is 0. The molecule has 0 saturated carbocycles. The predicted molar refractivity (Wildman–Crippen MR) is 66.2 cm³/mol. The molecular weight excluding hydrogens is 198 g/mol. The first-order chi connectivity index (χ1) is 7.72. The fourth-order valence-corrected chi connectivity index (χ4v) is 1.79. The molecule has 3 N–H and O–H groups in total. The third kappa shape index (κ3) is 1.92. The van der Waals surface area contributed by atoms with E-state index in [1.54, 1.807) is 6.07 Å². The molecule has 2 aromatic carbocycles. The van der Waals surface area contributed by atoms with Crippen LogP contribution in [0.25, 0.3) is 11.1 Å². The fourth-order valence-electron chi connectivity index (χ4n) is 1.79. The lowest BCUT2D eigenvalue weighted by Gasteiger charge is -2.09. The average Bonchev–Trinajstić information content (AvgIpc) is 2.31. The van der Waals surface area contributed by atoms with Crippen molar-refractivity contribution in [3.63, 3.8) is 0 Å². The highest BCUT2D eigenvalue weighted by Crippen LogP contribution is 2.31. The molecule has 2 heteroatoms. The zero-order valence-corrected chi connectivity index (χ0v) is 9.27. The first kappa shape index (κ1) is 10.7. The van der Waals surface area contributed by atoms with Gasteiger partial charge in [-0.25, -0.2) is 0 Å². The lowest BCUT2D eigenvalue weighted by atomic mass is 9.97. The second-order valence-corrected chi connectivity index (χ2v) is 3.87. The number of nitrogens with two attached hydrogens (primary N) is 1. The highest BCUT2D eigenvalue weighted by Gasteiger charge is 2.06. The molecule has 0 amide bonds. The minimum absolute atomic E-state index is 0.305. The van der Waals surface area contributed by atoms with Gasteiger partial charge >= 0.3 is 0 Å². The smallest absolute Gasteiger partial charge is 0.123 e. The van der Waals surface area contributed by atoms with E-state index in [-0.39, 0.29) is 0 Å². The van der Waals surface area contributed by atoms with Gasteiger partial charge in [-0.15, -0.1) is 0 Å². The summed E-state index contributed by atoms with van der Waals surface area (Å²) in [5.74, 6) is 0.305. The van der Waals surface area contributed by atoms with Crippen molar-refractivity contribution in [2.45, 2.75) is 13.5 Å². The van der Waals surface area contributed by atoms with Crippen molar-refractivity contribution < 1.29 is 5.11 Å². The maximum absolute atomic E-state index is 9.82. The highest BCUT2D eigenvalue weighted by atomic mass is 16.3. The molecule has 2 aromatic rings. The van der Waals surface area contributed by atoms with E-state index in [0.29, 0.717) is 12.3 Å². The third-order valence-corrected chi connectivity index (χ3v) is 2.73. The molecule has 2 nitrogen and oxygen atoms in total. The Morgan fingerprint density at radius 2 is 1.81 bits per heavy atom. The van der Waals surface area contributed by atoms with Crippen LogP contribution in [-0.4, -0.2) is 5.11 Å². The van der Waals surface area contributed by atoms with Crippen LogP contribution in [0.4, 0.5) is 0 Å². The number of benzene rings is 2. The van der Waals surface area contributed by atoms with Crippen LogP contribution < -0.4 is 5.73 Å². The molecule has 2 rings (SSSR count). The van der Waals surface area contributed by atoms with Crippen LogP contribution in [0.2, 0.25) is 0 Å². The molecule has 0 bridgehead atoms. The maximum atomic E-state index is 9.82. The van der Waals surface area contributed by atoms with Crippen molar-refractivity contribution in [2.75, 3.05) is 0 Å². The van der Waals surface area contributed by atoms with Crippen molar-refractivity contribution in [3.8, 4) is 16.9 Å². The summed E-state index contributed by atoms with van der Waals surface area (Å²) in [5, 5.41) is 9.82. The van der Waals surface area contributed by atoms with Crippen LogP contribution in [0.5, 0.6) is 5.75 Å². The van der Waals surface area contributed by atoms with Gasteiger partial charge in [-0.05, 0) is 35.7 Å². The molecule has 0 fully saturated rings. The van der Waals surface area contributed by atoms with E-state index in [2.05, 4.69) is 0 Å². The van der Waals surface area contributed by atoms with Gasteiger partial charge in [-0.2, -0.15) is 0 Å². The summed E-state index contributed by atoms with van der Waals surface area (Å²) in [4.78, 5) is 0. The molecule has 0 heterocycles. The molecule has 0 aromatic heterocycles. The molecule has 0 aliphatic rings. The zero-order chi connectivity index (χ0) is 11.5. The van der Waals surface area contributed by atoms with Gasteiger partial charge in [0.25, 0.3) is 0 Å². The monoisotopic (exact) mass is 213 g/mol. The van der Waals surface area contributed by atoms with Crippen molar-refractivity contribution >= 4 is 0 Å². The van der Waals surface area contributed by atoms with E-state index in [1.807, 2.05) is 43.3 Å². The van der Waals surface area contributed by atoms with E-state index in [0.717, 1.165) is 22.3 Å². The maximum Gasteiger partial charge on any atom is 0.123 e. The number of phenolic OH excluding ortho intramolecular Hbond substituents is 1. The Morgan fingerprint density at radius 1 is 1.06 bits per heavy atom. The number of rotatable bonds is 2. The minimum atomic E-state index is 0.305. The molecule has 82 valence electrons. The van der Waals surface area contributed by atoms with Crippen molar-refractivity contribution in [3.05, 3.63) is 53.6 Å². The lowest BCUT2D eigenvalue weighted by molar-refractivity contribution is 0.477. The largest absolute Gasteiger partial charge is 0.507 e. The number of hydrogen-bond donors (Lipinski definition) is 2. The number of aryl methyl sites for hydroxylation is 1. The number of aromatic hydroxyl groups is 1. The van der Waals surface area contributed by atoms with Gasteiger partial charge in [-0.1, -0.05) is 30.3 Å². The summed E-state index contributed by atoms with van der Waals surface area (Å²) in [6.45, 7) is 2.54. The first-order valence-electron chi connectivity index (χ1n) is 5.30. The van der Waals surface area contributed by atoms with Crippen molar-refractivity contribution in [1.82, 2.24) is 0 Å². The van der Waals surface area contributed by atoms with Crippen molar-refractivity contribution in [2.24, 2.45) is 5.73 Å². The third-order valence-electron chi connectivity index (χ3n) is 2.73. The van der Waals surface area contributed by atoms with Gasteiger partial charge in [0.1, 0.15) is 5.75 Å². The molecule has 0 saturated heterocycles. The number of phenols is 1. The van der Waals surface area contributed by atoms with Crippen LogP contribution in [0.3, 0.4) is 0 Å². The van der Waals surface area contributed by atoms with Crippen LogP contribution >= 0.6 is 0 Å². The molecule has 0 spiro atoms. The Labute approximate surface area is 95.4 Å². The van der Waals surface area contributed by atoms with Crippen LogP contribution in [0, 0.1) is 6.92 Å². The van der Waals surface area contributed by atoms with Gasteiger partial charge in [0.05, 0.1) is 0 Å². The van der Waals surface area contributed by atoms with E-state index < -0.39 is 0 Å². The van der Waals surface area contributed by atoms with Gasteiger partial charge in [0.15, 0.2) is 0 Å². The SMILES string of the molecule is Cc1ccc(CN)cc1-c1ccccc1O. The van der Waals surface area contributed by atoms with Gasteiger partial charge in [0.2, 0.25) is 0 Å². The molecule has 0 aliphatic heterocycles. The first-order valence-corrected chi connectivity index (χ1v) is 5.30. The normalized spacial score (nSPS) is 10.4. The summed E-state index contributed by atoms with van der Waals surface area (Å²) in [6.07, 6.45) is 0. The second-order valence-electron chi connectivity index (χ2n) is 3.87. The number of para-hydroxylation sites is 1. The molecular formula is C14H15NO. The predicted octanol–water partition coefficient (Wildman–Crippen LogP) is 2.83. The van der Waals surface area contributed by atoms with E-state index in [4.69, 9.17) is 5.73 Å². The molecule has 0 atom stereocenters. The van der Waals surface area contributed by atoms with Crippen molar-refractivity contribution in [1.29, 1.82) is 0 Å². The van der Waals surface area contributed by atoms with Gasteiger partial charge in [-0.3, -0.25) is 0 Å². The Morgan fingerprint density at radius 3 is 2.50 bits per heavy atom. The second kappa shape index (κ2) is 4.37. The Kier molecular flexibility index (Phi) is 2.93. The van der Waals surface area contributed by atoms with Crippen LogP contribution in [0.15, 0.2) is 42.5 Å². The van der Waals surface area contributed by atoms with E-state index >= 15 is 0 Å². The molecule has 0 radical (unpaired) electrons. The summed E-state index contributed by atoms with van der Waals surface area (Å²) >= 11 is 0. The van der Waals surface area contributed by atoms with Gasteiger partial charge in [0, 0.05) is 12.1 Å². The average molecular weight is 213 g/mol. The van der Waals surface area contributed by atoms with Gasteiger partial charge < -0.3 is 10.8 Å². The highest BCUT2D eigenvalue weighted by molar-refractivity contribution is 5.73. The molecule has 0 unspecified atom stereocenters. The summed E-state index contributed by atoms with van der Waals surface area (Å²) in [5.41, 5.74) is 9.73. The Hall–Kier alpha value is -1.80. The quantitative estimate of drug-likeness (QED) is 0.805. The summed E-state index contributed by atoms with van der Waals surface area (Å²) in [6, 6.07) is 13.4. The minimum Gasteiger partial charge on any atom is -0.507 e. The molecule has 16 heavy (non-hydrogen) atoms. The Bertz CT molecular complexity index is 506. The zero-order valence-electron chi connectivity index (χ0n) is 9.27. The van der Waals surface area contributed by atoms with E-state index in [1.165, 1.54) is 0 Å². The number of hydrogen-bond acceptors (Lipinski definition) is 2. The lowest BCUT2D eigenvalue weighted by Crippen LogP contribution is -1.97.